The Morgan fingerprint density at radius 1 is 1.12 bits per heavy atom. The molecule has 132 valence electrons. The molecule has 0 saturated heterocycles. The van der Waals surface area contributed by atoms with E-state index in [4.69, 9.17) is 4.98 Å². The predicted octanol–water partition coefficient (Wildman–Crippen LogP) is 2.47. The highest BCUT2D eigenvalue weighted by atomic mass is 16.2. The number of likely N-dealkylation sites (N-methyl/N-ethyl adjacent to an activating group) is 1. The summed E-state index contributed by atoms with van der Waals surface area (Å²) in [7, 11) is 0. The van der Waals surface area contributed by atoms with Crippen molar-refractivity contribution in [3.05, 3.63) is 35.8 Å². The van der Waals surface area contributed by atoms with Crippen LogP contribution >= 0.6 is 0 Å². The summed E-state index contributed by atoms with van der Waals surface area (Å²) in [5.74, 6) is 1.59. The van der Waals surface area contributed by atoms with Gasteiger partial charge >= 0.3 is 0 Å². The van der Waals surface area contributed by atoms with E-state index in [9.17, 15) is 4.79 Å². The number of aromatic nitrogens is 3. The van der Waals surface area contributed by atoms with Gasteiger partial charge in [-0.3, -0.25) is 14.7 Å². The van der Waals surface area contributed by atoms with Gasteiger partial charge in [0.15, 0.2) is 5.82 Å². The zero-order valence-corrected chi connectivity index (χ0v) is 15.2. The normalized spacial score (nSPS) is 14.1. The molecule has 0 fully saturated rings. The molecular weight excluding hydrogens is 314 g/mol. The van der Waals surface area contributed by atoms with E-state index in [1.54, 1.807) is 12.4 Å². The Hall–Kier alpha value is -2.34. The van der Waals surface area contributed by atoms with Crippen molar-refractivity contribution in [1.29, 1.82) is 0 Å². The molecule has 2 aromatic heterocycles. The van der Waals surface area contributed by atoms with Crippen LogP contribution in [-0.2, 0) is 11.2 Å². The number of hydrogen-bond donors (Lipinski definition) is 0. The van der Waals surface area contributed by atoms with Crippen LogP contribution in [-0.4, -0.2) is 51.9 Å². The van der Waals surface area contributed by atoms with Crippen molar-refractivity contribution < 1.29 is 4.79 Å². The van der Waals surface area contributed by atoms with Crippen molar-refractivity contribution in [2.24, 2.45) is 0 Å². The van der Waals surface area contributed by atoms with Gasteiger partial charge in [0.2, 0.25) is 5.91 Å². The molecule has 0 spiro atoms. The van der Waals surface area contributed by atoms with Gasteiger partial charge in [-0.25, -0.2) is 9.97 Å². The van der Waals surface area contributed by atoms with Crippen LogP contribution in [0.3, 0.4) is 0 Å². The van der Waals surface area contributed by atoms with E-state index in [0.29, 0.717) is 18.8 Å². The number of rotatable bonds is 6. The van der Waals surface area contributed by atoms with Crippen LogP contribution in [0.1, 0.15) is 31.5 Å². The molecule has 1 amide bonds. The van der Waals surface area contributed by atoms with Crippen molar-refractivity contribution in [3.63, 3.8) is 0 Å². The van der Waals surface area contributed by atoms with Gasteiger partial charge in [-0.05, 0) is 38.6 Å². The van der Waals surface area contributed by atoms with Gasteiger partial charge in [-0.1, -0.05) is 13.8 Å². The van der Waals surface area contributed by atoms with Gasteiger partial charge in [0, 0.05) is 48.7 Å². The molecule has 1 aliphatic heterocycles. The van der Waals surface area contributed by atoms with Gasteiger partial charge in [0.1, 0.15) is 5.82 Å². The Kier molecular flexibility index (Phi) is 5.38. The molecule has 6 heteroatoms. The molecular formula is C19H25N5O. The van der Waals surface area contributed by atoms with E-state index >= 15 is 0 Å². The molecule has 0 unspecified atom stereocenters. The monoisotopic (exact) mass is 339 g/mol. The van der Waals surface area contributed by atoms with Gasteiger partial charge in [0.25, 0.3) is 0 Å². The number of amides is 1. The highest BCUT2D eigenvalue weighted by Gasteiger charge is 2.28. The second-order valence-corrected chi connectivity index (χ2v) is 6.24. The van der Waals surface area contributed by atoms with E-state index in [-0.39, 0.29) is 5.91 Å². The van der Waals surface area contributed by atoms with Crippen LogP contribution in [0, 0.1) is 6.92 Å². The predicted molar refractivity (Wildman–Crippen MR) is 98.5 cm³/mol. The Morgan fingerprint density at radius 2 is 1.84 bits per heavy atom. The number of hydrogen-bond acceptors (Lipinski definition) is 5. The zero-order chi connectivity index (χ0) is 17.8. The van der Waals surface area contributed by atoms with Gasteiger partial charge in [-0.2, -0.15) is 0 Å². The topological polar surface area (TPSA) is 62.2 Å². The molecule has 0 radical (unpaired) electrons. The lowest BCUT2D eigenvalue weighted by atomic mass is 10.0. The lowest BCUT2D eigenvalue weighted by Crippen LogP contribution is -2.42. The Bertz CT molecular complexity index is 743. The first-order valence-corrected chi connectivity index (χ1v) is 8.94. The highest BCUT2D eigenvalue weighted by molar-refractivity contribution is 5.95. The van der Waals surface area contributed by atoms with Crippen LogP contribution in [0.25, 0.3) is 11.4 Å². The Labute approximate surface area is 148 Å². The number of carbonyl (C=O) groups excluding carboxylic acids is 1. The number of aryl methyl sites for hydroxylation is 1. The molecule has 0 bridgehead atoms. The third-order valence-corrected chi connectivity index (χ3v) is 4.81. The molecule has 0 N–H and O–H groups in total. The Balaban J connectivity index is 1.95. The highest BCUT2D eigenvalue weighted by Crippen LogP contribution is 2.30. The average Bonchev–Trinajstić information content (AvgIpc) is 2.64. The van der Waals surface area contributed by atoms with Crippen LogP contribution in [0.15, 0.2) is 24.5 Å². The van der Waals surface area contributed by atoms with Crippen LogP contribution in [0.5, 0.6) is 0 Å². The summed E-state index contributed by atoms with van der Waals surface area (Å²) in [6.07, 6.45) is 4.72. The molecule has 3 rings (SSSR count). The summed E-state index contributed by atoms with van der Waals surface area (Å²) in [6.45, 7) is 9.77. The molecule has 1 aliphatic rings. The maximum absolute atomic E-state index is 12.5. The van der Waals surface area contributed by atoms with Crippen molar-refractivity contribution in [2.75, 3.05) is 31.1 Å². The average molecular weight is 339 g/mol. The molecule has 0 aromatic carbocycles. The van der Waals surface area contributed by atoms with E-state index in [0.717, 1.165) is 48.7 Å². The van der Waals surface area contributed by atoms with Crippen LogP contribution in [0.4, 0.5) is 5.82 Å². The summed E-state index contributed by atoms with van der Waals surface area (Å²) in [5, 5.41) is 0. The van der Waals surface area contributed by atoms with E-state index < -0.39 is 0 Å². The minimum absolute atomic E-state index is 0.151. The third-order valence-electron chi connectivity index (χ3n) is 4.81. The maximum atomic E-state index is 12.5. The molecule has 0 atom stereocenters. The first-order valence-electron chi connectivity index (χ1n) is 8.94. The fraction of sp³-hybridized carbons (Fsp3) is 0.474. The number of fused-ring (bicyclic) bond motifs is 1. The SMILES string of the molecule is CCN(CC)CCN1C(=O)CCc2c(C)nc(-c3ccncc3)nc21. The minimum atomic E-state index is 0.151. The number of nitrogens with zero attached hydrogens (tertiary/aromatic N) is 5. The number of carbonyl (C=O) groups is 1. The van der Waals surface area contributed by atoms with E-state index in [1.807, 2.05) is 24.0 Å². The summed E-state index contributed by atoms with van der Waals surface area (Å²) < 4.78 is 0. The molecule has 3 heterocycles. The number of anilines is 1. The third kappa shape index (κ3) is 3.69. The smallest absolute Gasteiger partial charge is 0.228 e. The summed E-state index contributed by atoms with van der Waals surface area (Å²) in [5.41, 5.74) is 2.97. The van der Waals surface area contributed by atoms with E-state index in [2.05, 4.69) is 28.7 Å². The maximum Gasteiger partial charge on any atom is 0.228 e. The first-order chi connectivity index (χ1) is 12.1. The fourth-order valence-electron chi connectivity index (χ4n) is 3.22. The molecule has 2 aromatic rings. The largest absolute Gasteiger partial charge is 0.302 e. The van der Waals surface area contributed by atoms with Gasteiger partial charge in [0.05, 0.1) is 0 Å². The summed E-state index contributed by atoms with van der Waals surface area (Å²) in [4.78, 5) is 30.2. The standard InChI is InChI=1S/C19H25N5O/c1-4-23(5-2)12-13-24-17(25)7-6-16-14(3)21-18(22-19(16)24)15-8-10-20-11-9-15/h8-11H,4-7,12-13H2,1-3H3. The fourth-order valence-corrected chi connectivity index (χ4v) is 3.22. The minimum Gasteiger partial charge on any atom is -0.302 e. The Morgan fingerprint density at radius 3 is 2.52 bits per heavy atom. The van der Waals surface area contributed by atoms with Crippen LogP contribution < -0.4 is 4.90 Å². The van der Waals surface area contributed by atoms with Gasteiger partial charge in [-0.15, -0.1) is 0 Å². The molecule has 6 nitrogen and oxygen atoms in total. The van der Waals surface area contributed by atoms with Gasteiger partial charge < -0.3 is 4.90 Å². The molecule has 0 saturated carbocycles. The van der Waals surface area contributed by atoms with Crippen molar-refractivity contribution in [1.82, 2.24) is 19.9 Å². The number of pyridine rings is 1. The first kappa shape index (κ1) is 17.5. The van der Waals surface area contributed by atoms with Crippen molar-refractivity contribution in [2.45, 2.75) is 33.6 Å². The van der Waals surface area contributed by atoms with Crippen molar-refractivity contribution in [3.8, 4) is 11.4 Å². The van der Waals surface area contributed by atoms with E-state index in [1.165, 1.54) is 0 Å². The zero-order valence-electron chi connectivity index (χ0n) is 15.2. The second kappa shape index (κ2) is 7.70. The van der Waals surface area contributed by atoms with Crippen molar-refractivity contribution >= 4 is 11.7 Å². The molecule has 25 heavy (non-hydrogen) atoms. The molecule has 0 aliphatic carbocycles. The lowest BCUT2D eigenvalue weighted by molar-refractivity contribution is -0.119. The second-order valence-electron chi connectivity index (χ2n) is 6.24. The summed E-state index contributed by atoms with van der Waals surface area (Å²) in [6, 6.07) is 3.79. The lowest BCUT2D eigenvalue weighted by Gasteiger charge is -2.31. The summed E-state index contributed by atoms with van der Waals surface area (Å²) >= 11 is 0. The van der Waals surface area contributed by atoms with Crippen LogP contribution in [0.2, 0.25) is 0 Å². The quantitative estimate of drug-likeness (QED) is 0.809.